The lowest BCUT2D eigenvalue weighted by atomic mass is 10.2. The summed E-state index contributed by atoms with van der Waals surface area (Å²) in [6, 6.07) is 12.8. The van der Waals surface area contributed by atoms with E-state index in [4.69, 9.17) is 0 Å². The Morgan fingerprint density at radius 1 is 1.14 bits per heavy atom. The molecule has 3 aromatic rings. The normalized spacial score (nSPS) is 10.6. The van der Waals surface area contributed by atoms with Gasteiger partial charge in [-0.2, -0.15) is 0 Å². The highest BCUT2D eigenvalue weighted by Gasteiger charge is 2.18. The topological polar surface area (TPSA) is 54.7 Å². The Morgan fingerprint density at radius 3 is 2.59 bits per heavy atom. The molecule has 110 valence electrons. The first-order chi connectivity index (χ1) is 10.6. The third kappa shape index (κ3) is 2.37. The fourth-order valence-corrected chi connectivity index (χ4v) is 2.28. The van der Waals surface area contributed by atoms with Crippen LogP contribution >= 0.6 is 0 Å². The van der Waals surface area contributed by atoms with Crippen molar-refractivity contribution in [2.45, 2.75) is 6.92 Å². The summed E-state index contributed by atoms with van der Waals surface area (Å²) in [7, 11) is 1.64. The summed E-state index contributed by atoms with van der Waals surface area (Å²) in [5.74, 6) is -0.375. The van der Waals surface area contributed by atoms with Gasteiger partial charge in [-0.15, -0.1) is 0 Å². The second kappa shape index (κ2) is 5.44. The third-order valence-electron chi connectivity index (χ3n) is 3.53. The number of carbonyl (C=O) groups excluding carboxylic acids is 1. The molecule has 2 aromatic heterocycles. The quantitative estimate of drug-likeness (QED) is 0.728. The van der Waals surface area contributed by atoms with Crippen LogP contribution in [0.5, 0.6) is 0 Å². The number of aryl methyl sites for hydroxylation is 1. The molecule has 0 atom stereocenters. The Bertz CT molecular complexity index is 901. The van der Waals surface area contributed by atoms with Crippen LogP contribution in [0.4, 0.5) is 5.69 Å². The lowest BCUT2D eigenvalue weighted by molar-refractivity contribution is 0.0991. The van der Waals surface area contributed by atoms with Crippen molar-refractivity contribution in [1.82, 2.24) is 9.38 Å². The molecule has 5 nitrogen and oxygen atoms in total. The van der Waals surface area contributed by atoms with E-state index in [9.17, 15) is 9.59 Å². The largest absolute Gasteiger partial charge is 0.311 e. The van der Waals surface area contributed by atoms with Gasteiger partial charge in [0.2, 0.25) is 0 Å². The predicted octanol–water partition coefficient (Wildman–Crippen LogP) is 2.28. The number of fused-ring (bicyclic) bond motifs is 1. The van der Waals surface area contributed by atoms with Crippen LogP contribution in [0.2, 0.25) is 0 Å². The van der Waals surface area contributed by atoms with E-state index in [1.165, 1.54) is 15.5 Å². The summed E-state index contributed by atoms with van der Waals surface area (Å²) in [4.78, 5) is 30.7. The third-order valence-corrected chi connectivity index (χ3v) is 3.53. The van der Waals surface area contributed by atoms with Crippen LogP contribution in [0.15, 0.2) is 59.7 Å². The number of hydrogen-bond donors (Lipinski definition) is 0. The highest BCUT2D eigenvalue weighted by molar-refractivity contribution is 6.05. The molecule has 0 bridgehead atoms. The summed E-state index contributed by atoms with van der Waals surface area (Å²) in [5, 5.41) is 0. The van der Waals surface area contributed by atoms with Crippen LogP contribution in [-0.2, 0) is 0 Å². The fourth-order valence-electron chi connectivity index (χ4n) is 2.28. The number of amides is 1. The number of aromatic nitrogens is 2. The van der Waals surface area contributed by atoms with Crippen LogP contribution in [0, 0.1) is 6.92 Å². The summed E-state index contributed by atoms with van der Waals surface area (Å²) >= 11 is 0. The van der Waals surface area contributed by atoms with Crippen LogP contribution in [-0.4, -0.2) is 22.3 Å². The van der Waals surface area contributed by atoms with Crippen molar-refractivity contribution in [3.63, 3.8) is 0 Å². The van der Waals surface area contributed by atoms with Gasteiger partial charge in [0.1, 0.15) is 11.2 Å². The van der Waals surface area contributed by atoms with Crippen molar-refractivity contribution < 1.29 is 4.79 Å². The van der Waals surface area contributed by atoms with Crippen LogP contribution in [0.1, 0.15) is 15.9 Å². The number of carbonyl (C=O) groups is 1. The Hall–Kier alpha value is -2.95. The average molecular weight is 293 g/mol. The number of anilines is 1. The van der Waals surface area contributed by atoms with E-state index in [1.807, 2.05) is 43.3 Å². The number of pyridine rings is 1. The first-order valence-corrected chi connectivity index (χ1v) is 6.89. The van der Waals surface area contributed by atoms with Crippen molar-refractivity contribution >= 4 is 17.2 Å². The average Bonchev–Trinajstić information content (AvgIpc) is 2.55. The zero-order valence-corrected chi connectivity index (χ0v) is 12.4. The maximum atomic E-state index is 12.6. The Labute approximate surface area is 127 Å². The van der Waals surface area contributed by atoms with E-state index in [0.29, 0.717) is 5.65 Å². The highest BCUT2D eigenvalue weighted by atomic mass is 16.2. The zero-order valence-electron chi connectivity index (χ0n) is 12.4. The van der Waals surface area contributed by atoms with Crippen molar-refractivity contribution in [2.24, 2.45) is 0 Å². The Morgan fingerprint density at radius 2 is 1.86 bits per heavy atom. The van der Waals surface area contributed by atoms with Gasteiger partial charge in [-0.1, -0.05) is 24.3 Å². The second-order valence-corrected chi connectivity index (χ2v) is 5.11. The van der Waals surface area contributed by atoms with E-state index >= 15 is 0 Å². The molecule has 1 aromatic carbocycles. The molecule has 3 rings (SSSR count). The van der Waals surface area contributed by atoms with E-state index in [2.05, 4.69) is 4.98 Å². The summed E-state index contributed by atoms with van der Waals surface area (Å²) in [6.45, 7) is 1.89. The monoisotopic (exact) mass is 293 g/mol. The molecule has 22 heavy (non-hydrogen) atoms. The van der Waals surface area contributed by atoms with Gasteiger partial charge >= 0.3 is 0 Å². The van der Waals surface area contributed by atoms with Gasteiger partial charge in [0, 0.05) is 25.1 Å². The Kier molecular flexibility index (Phi) is 3.47. The molecule has 0 saturated heterocycles. The minimum Gasteiger partial charge on any atom is -0.311 e. The molecule has 0 spiro atoms. The second-order valence-electron chi connectivity index (χ2n) is 5.11. The van der Waals surface area contributed by atoms with Gasteiger partial charge in [0.05, 0.1) is 0 Å². The minimum atomic E-state index is -0.375. The molecule has 2 heterocycles. The number of hydrogen-bond acceptors (Lipinski definition) is 3. The van der Waals surface area contributed by atoms with Crippen molar-refractivity contribution in [2.75, 3.05) is 11.9 Å². The molecule has 0 saturated carbocycles. The van der Waals surface area contributed by atoms with Crippen molar-refractivity contribution in [3.8, 4) is 0 Å². The van der Waals surface area contributed by atoms with Gasteiger partial charge in [-0.25, -0.2) is 4.98 Å². The molecule has 0 aliphatic heterocycles. The van der Waals surface area contributed by atoms with E-state index in [1.54, 1.807) is 19.3 Å². The lowest BCUT2D eigenvalue weighted by Crippen LogP contribution is -2.33. The van der Waals surface area contributed by atoms with Gasteiger partial charge in [-0.05, 0) is 30.7 Å². The number of nitrogens with zero attached hydrogens (tertiary/aromatic N) is 3. The smallest absolute Gasteiger partial charge is 0.270 e. The maximum Gasteiger partial charge on any atom is 0.270 e. The van der Waals surface area contributed by atoms with E-state index in [-0.39, 0.29) is 17.0 Å². The lowest BCUT2D eigenvalue weighted by Gasteiger charge is -2.17. The molecular formula is C17H15N3O2. The summed E-state index contributed by atoms with van der Waals surface area (Å²) in [5.41, 5.74) is 1.86. The number of benzene rings is 1. The van der Waals surface area contributed by atoms with Crippen LogP contribution in [0.25, 0.3) is 5.65 Å². The van der Waals surface area contributed by atoms with E-state index < -0.39 is 0 Å². The molecule has 0 radical (unpaired) electrons. The zero-order chi connectivity index (χ0) is 15.7. The van der Waals surface area contributed by atoms with Gasteiger partial charge in [-0.3, -0.25) is 14.0 Å². The van der Waals surface area contributed by atoms with Gasteiger partial charge < -0.3 is 4.90 Å². The summed E-state index contributed by atoms with van der Waals surface area (Å²) < 4.78 is 1.40. The van der Waals surface area contributed by atoms with E-state index in [0.717, 1.165) is 11.3 Å². The maximum absolute atomic E-state index is 12.6. The molecule has 5 heteroatoms. The highest BCUT2D eigenvalue weighted by Crippen LogP contribution is 2.13. The first-order valence-electron chi connectivity index (χ1n) is 6.89. The molecule has 0 aliphatic carbocycles. The first kappa shape index (κ1) is 14.0. The molecule has 0 fully saturated rings. The number of rotatable bonds is 2. The SMILES string of the molecule is Cc1ccc2ncc(C(=O)N(C)c3ccccc3)c(=O)n2c1. The van der Waals surface area contributed by atoms with Crippen molar-refractivity contribution in [1.29, 1.82) is 0 Å². The van der Waals surface area contributed by atoms with Crippen LogP contribution in [0.3, 0.4) is 0 Å². The number of para-hydroxylation sites is 1. The predicted molar refractivity (Wildman–Crippen MR) is 85.4 cm³/mol. The molecule has 0 N–H and O–H groups in total. The minimum absolute atomic E-state index is 0.0504. The van der Waals surface area contributed by atoms with Crippen LogP contribution < -0.4 is 10.5 Å². The fraction of sp³-hybridized carbons (Fsp3) is 0.118. The van der Waals surface area contributed by atoms with Gasteiger partial charge in [0.25, 0.3) is 11.5 Å². The summed E-state index contributed by atoms with van der Waals surface area (Å²) in [6.07, 6.45) is 3.03. The molecule has 0 unspecified atom stereocenters. The molecule has 1 amide bonds. The van der Waals surface area contributed by atoms with Gasteiger partial charge in [0.15, 0.2) is 0 Å². The Balaban J connectivity index is 2.08. The standard InChI is InChI=1S/C17H15N3O2/c1-12-8-9-15-18-10-14(17(22)20(15)11-12)16(21)19(2)13-6-4-3-5-7-13/h3-11H,1-2H3. The molecular weight excluding hydrogens is 278 g/mol. The van der Waals surface area contributed by atoms with Crippen molar-refractivity contribution in [3.05, 3.63) is 76.3 Å². The molecule has 0 aliphatic rings.